The van der Waals surface area contributed by atoms with Crippen LogP contribution in [0, 0.1) is 6.92 Å². The maximum Gasteiger partial charge on any atom is 0.122 e. The van der Waals surface area contributed by atoms with Gasteiger partial charge in [-0.15, -0.1) is 0 Å². The Morgan fingerprint density at radius 2 is 1.79 bits per heavy atom. The van der Waals surface area contributed by atoms with Crippen LogP contribution in [0.15, 0.2) is 46.9 Å². The Morgan fingerprint density at radius 1 is 1.05 bits per heavy atom. The summed E-state index contributed by atoms with van der Waals surface area (Å²) < 4.78 is 6.49. The molecule has 0 unspecified atom stereocenters. The van der Waals surface area contributed by atoms with Gasteiger partial charge in [-0.1, -0.05) is 40.2 Å². The third-order valence-corrected chi connectivity index (χ3v) is 4.54. The van der Waals surface area contributed by atoms with Crippen molar-refractivity contribution in [2.45, 2.75) is 18.4 Å². The summed E-state index contributed by atoms with van der Waals surface area (Å²) in [6.07, 6.45) is 0. The van der Waals surface area contributed by atoms with Crippen molar-refractivity contribution < 1.29 is 4.74 Å². The number of methoxy groups -OCH3 is 1. The molecule has 0 saturated heterocycles. The number of benzene rings is 2. The van der Waals surface area contributed by atoms with E-state index in [1.807, 2.05) is 23.9 Å². The lowest BCUT2D eigenvalue weighted by Crippen LogP contribution is -1.91. The van der Waals surface area contributed by atoms with Crippen LogP contribution in [0.4, 0.5) is 0 Å². The second-order valence-corrected chi connectivity index (χ2v) is 6.28. The Morgan fingerprint density at radius 3 is 2.53 bits per heavy atom. The summed E-state index contributed by atoms with van der Waals surface area (Å²) in [6.45, 7) is 2.16. The van der Waals surface area contributed by atoms with Crippen LogP contribution in [0.1, 0.15) is 16.7 Å². The van der Waals surface area contributed by atoms with Crippen LogP contribution in [0.5, 0.6) is 5.75 Å². The zero-order valence-electron chi connectivity index (χ0n) is 11.2. The van der Waals surface area contributed by atoms with Crippen LogP contribution in [-0.2, 0) is 11.5 Å². The van der Waals surface area contributed by atoms with E-state index in [9.17, 15) is 0 Å². The molecule has 0 aliphatic heterocycles. The van der Waals surface area contributed by atoms with E-state index in [1.54, 1.807) is 7.11 Å². The third-order valence-electron chi connectivity index (χ3n) is 3.02. The Balaban J connectivity index is 2.00. The minimum atomic E-state index is 0.955. The van der Waals surface area contributed by atoms with Gasteiger partial charge in [-0.05, 0) is 36.2 Å². The number of hydrogen-bond donors (Lipinski definition) is 0. The Labute approximate surface area is 127 Å². The molecule has 1 nitrogen and oxygen atoms in total. The van der Waals surface area contributed by atoms with Crippen LogP contribution < -0.4 is 4.74 Å². The molecule has 19 heavy (non-hydrogen) atoms. The second kappa shape index (κ2) is 7.01. The van der Waals surface area contributed by atoms with Gasteiger partial charge in [0.05, 0.1) is 7.11 Å². The van der Waals surface area contributed by atoms with Crippen LogP contribution in [0.2, 0.25) is 0 Å². The summed E-state index contributed by atoms with van der Waals surface area (Å²) in [5.74, 6) is 2.94. The third kappa shape index (κ3) is 4.02. The normalized spacial score (nSPS) is 10.5. The molecule has 0 bridgehead atoms. The number of halogens is 1. The quantitative estimate of drug-likeness (QED) is 0.742. The monoisotopic (exact) mass is 336 g/mol. The molecule has 0 N–H and O–H groups in total. The molecule has 100 valence electrons. The number of thioether (sulfide) groups is 1. The summed E-state index contributed by atoms with van der Waals surface area (Å²) in [5.41, 5.74) is 3.99. The van der Waals surface area contributed by atoms with Crippen LogP contribution in [0.3, 0.4) is 0 Å². The predicted molar refractivity (Wildman–Crippen MR) is 86.9 cm³/mol. The van der Waals surface area contributed by atoms with E-state index in [0.29, 0.717) is 0 Å². The molecule has 0 amide bonds. The first-order valence-corrected chi connectivity index (χ1v) is 8.10. The highest BCUT2D eigenvalue weighted by Crippen LogP contribution is 2.28. The van der Waals surface area contributed by atoms with Crippen molar-refractivity contribution in [3.05, 3.63) is 63.6 Å². The lowest BCUT2D eigenvalue weighted by Gasteiger charge is -2.09. The molecule has 0 aromatic heterocycles. The highest BCUT2D eigenvalue weighted by molar-refractivity contribution is 9.10. The van der Waals surface area contributed by atoms with E-state index in [0.717, 1.165) is 21.7 Å². The van der Waals surface area contributed by atoms with Gasteiger partial charge in [0.1, 0.15) is 5.75 Å². The molecule has 2 aromatic rings. The van der Waals surface area contributed by atoms with Gasteiger partial charge >= 0.3 is 0 Å². The molecule has 3 heteroatoms. The molecule has 0 aliphatic rings. The van der Waals surface area contributed by atoms with Crippen molar-refractivity contribution in [2.24, 2.45) is 0 Å². The Hall–Kier alpha value is -0.930. The number of ether oxygens (including phenoxy) is 1. The maximum absolute atomic E-state index is 5.39. The fourth-order valence-corrected chi connectivity index (χ4v) is 3.40. The zero-order chi connectivity index (χ0) is 13.7. The first-order valence-electron chi connectivity index (χ1n) is 6.15. The van der Waals surface area contributed by atoms with E-state index in [4.69, 9.17) is 4.74 Å². The smallest absolute Gasteiger partial charge is 0.122 e. The van der Waals surface area contributed by atoms with Crippen molar-refractivity contribution in [1.82, 2.24) is 0 Å². The highest BCUT2D eigenvalue weighted by atomic mass is 79.9. The van der Waals surface area contributed by atoms with E-state index in [-0.39, 0.29) is 0 Å². The summed E-state index contributed by atoms with van der Waals surface area (Å²) >= 11 is 5.42. The van der Waals surface area contributed by atoms with Gasteiger partial charge in [0.25, 0.3) is 0 Å². The average molecular weight is 337 g/mol. The highest BCUT2D eigenvalue weighted by Gasteiger charge is 2.04. The minimum absolute atomic E-state index is 0.955. The molecular formula is C16H17BrOS. The molecular weight excluding hydrogens is 320 g/mol. The second-order valence-electron chi connectivity index (χ2n) is 4.38. The summed E-state index contributed by atoms with van der Waals surface area (Å²) in [7, 11) is 1.72. The van der Waals surface area contributed by atoms with Crippen molar-refractivity contribution in [3.8, 4) is 5.75 Å². The lowest BCUT2D eigenvalue weighted by atomic mass is 10.1. The topological polar surface area (TPSA) is 9.23 Å². The number of rotatable bonds is 5. The van der Waals surface area contributed by atoms with Gasteiger partial charge in [0.2, 0.25) is 0 Å². The van der Waals surface area contributed by atoms with Gasteiger partial charge < -0.3 is 4.74 Å². The Bertz CT molecular complexity index is 554. The standard InChI is InChI=1S/C16H17BrOS/c1-12-5-3-4-6-13(12)10-19-11-14-9-15(17)7-8-16(14)18-2/h3-9H,10-11H2,1-2H3. The van der Waals surface area contributed by atoms with Crippen molar-refractivity contribution in [3.63, 3.8) is 0 Å². The molecule has 0 saturated carbocycles. The Kier molecular flexibility index (Phi) is 5.34. The van der Waals surface area contributed by atoms with Gasteiger partial charge in [-0.3, -0.25) is 0 Å². The van der Waals surface area contributed by atoms with Gasteiger partial charge in [0.15, 0.2) is 0 Å². The van der Waals surface area contributed by atoms with Crippen LogP contribution >= 0.6 is 27.7 Å². The number of hydrogen-bond acceptors (Lipinski definition) is 2. The maximum atomic E-state index is 5.39. The summed E-state index contributed by atoms with van der Waals surface area (Å²) in [4.78, 5) is 0. The van der Waals surface area contributed by atoms with Crippen molar-refractivity contribution in [1.29, 1.82) is 0 Å². The number of aryl methyl sites for hydroxylation is 1. The van der Waals surface area contributed by atoms with Gasteiger partial charge in [-0.25, -0.2) is 0 Å². The van der Waals surface area contributed by atoms with Crippen molar-refractivity contribution in [2.75, 3.05) is 7.11 Å². The molecule has 0 aliphatic carbocycles. The first kappa shape index (κ1) is 14.5. The van der Waals surface area contributed by atoms with Crippen LogP contribution in [0.25, 0.3) is 0 Å². The molecule has 0 radical (unpaired) electrons. The largest absolute Gasteiger partial charge is 0.496 e. The zero-order valence-corrected chi connectivity index (χ0v) is 13.6. The molecule has 0 fully saturated rings. The summed E-state index contributed by atoms with van der Waals surface area (Å²) in [5, 5.41) is 0. The summed E-state index contributed by atoms with van der Waals surface area (Å²) in [6, 6.07) is 14.7. The van der Waals surface area contributed by atoms with E-state index in [1.165, 1.54) is 16.7 Å². The molecule has 2 aromatic carbocycles. The molecule has 0 spiro atoms. The van der Waals surface area contributed by atoms with Crippen LogP contribution in [-0.4, -0.2) is 7.11 Å². The molecule has 0 atom stereocenters. The van der Waals surface area contributed by atoms with Gasteiger partial charge in [-0.2, -0.15) is 11.8 Å². The van der Waals surface area contributed by atoms with Crippen molar-refractivity contribution >= 4 is 27.7 Å². The molecule has 0 heterocycles. The molecule has 2 rings (SSSR count). The first-order chi connectivity index (χ1) is 9.20. The van der Waals surface area contributed by atoms with E-state index < -0.39 is 0 Å². The lowest BCUT2D eigenvalue weighted by molar-refractivity contribution is 0.411. The van der Waals surface area contributed by atoms with E-state index >= 15 is 0 Å². The predicted octanol–water partition coefficient (Wildman–Crippen LogP) is 5.20. The average Bonchev–Trinajstić information content (AvgIpc) is 2.41. The van der Waals surface area contributed by atoms with E-state index in [2.05, 4.69) is 53.2 Å². The fourth-order valence-electron chi connectivity index (χ4n) is 1.90. The van der Waals surface area contributed by atoms with Gasteiger partial charge in [0, 0.05) is 21.5 Å². The minimum Gasteiger partial charge on any atom is -0.496 e. The fraction of sp³-hybridized carbons (Fsp3) is 0.250. The SMILES string of the molecule is COc1ccc(Br)cc1CSCc1ccccc1C.